The predicted molar refractivity (Wildman–Crippen MR) is 94.1 cm³/mol. The second-order valence-corrected chi connectivity index (χ2v) is 3.90. The molecule has 0 saturated heterocycles. The second-order valence-electron chi connectivity index (χ2n) is 3.90. The molecule has 0 bridgehead atoms. The molecule has 0 aromatic rings. The zero-order valence-corrected chi connectivity index (χ0v) is 13.7. The zero-order chi connectivity index (χ0) is 15.6. The Labute approximate surface area is 126 Å². The lowest BCUT2D eigenvalue weighted by Crippen LogP contribution is -2.29. The summed E-state index contributed by atoms with van der Waals surface area (Å²) in [4.78, 5) is 0. The Bertz CT molecular complexity index is 322. The highest BCUT2D eigenvalue weighted by molar-refractivity contribution is 5.22. The van der Waals surface area contributed by atoms with E-state index in [2.05, 4.69) is 48.9 Å². The van der Waals surface area contributed by atoms with Crippen LogP contribution in [-0.4, -0.2) is 26.2 Å². The molecular weight excluding hydrogens is 244 g/mol. The highest BCUT2D eigenvalue weighted by Gasteiger charge is 1.92. The summed E-state index contributed by atoms with van der Waals surface area (Å²) in [6.45, 7) is 19.2. The maximum atomic E-state index is 3.76. The van der Waals surface area contributed by atoms with E-state index in [0.717, 1.165) is 31.8 Å². The van der Waals surface area contributed by atoms with Crippen LogP contribution < -0.4 is 10.6 Å². The van der Waals surface area contributed by atoms with Crippen molar-refractivity contribution in [1.82, 2.24) is 10.6 Å². The van der Waals surface area contributed by atoms with Crippen LogP contribution in [0.2, 0.25) is 0 Å². The standard InChI is InChI=1S/C16H26N2.C2H6/c1-5-9-15(7-3)13-17-11-12-18-14-16(8-4)10-6-2;1-2/h5-10,17-18H,1,3,11-14H2,2,4H3;1-2H3/b10-6-,15-9+,16-8+;. The molecule has 0 aromatic heterocycles. The van der Waals surface area contributed by atoms with Gasteiger partial charge in [0, 0.05) is 26.2 Å². The molecule has 0 saturated carbocycles. The van der Waals surface area contributed by atoms with Gasteiger partial charge in [0.2, 0.25) is 0 Å². The van der Waals surface area contributed by atoms with E-state index in [1.165, 1.54) is 5.57 Å². The molecule has 0 heterocycles. The summed E-state index contributed by atoms with van der Waals surface area (Å²) < 4.78 is 0. The summed E-state index contributed by atoms with van der Waals surface area (Å²) in [5.41, 5.74) is 2.48. The van der Waals surface area contributed by atoms with E-state index in [0.29, 0.717) is 0 Å². The third-order valence-corrected chi connectivity index (χ3v) is 2.48. The van der Waals surface area contributed by atoms with Crippen LogP contribution in [-0.2, 0) is 0 Å². The van der Waals surface area contributed by atoms with Crippen LogP contribution in [0.15, 0.2) is 60.8 Å². The fourth-order valence-corrected chi connectivity index (χ4v) is 1.46. The Morgan fingerprint density at radius 2 is 1.50 bits per heavy atom. The van der Waals surface area contributed by atoms with Gasteiger partial charge in [-0.3, -0.25) is 0 Å². The smallest absolute Gasteiger partial charge is 0.0205 e. The van der Waals surface area contributed by atoms with Gasteiger partial charge >= 0.3 is 0 Å². The fraction of sp³-hybridized carbons (Fsp3) is 0.444. The van der Waals surface area contributed by atoms with Crippen molar-refractivity contribution in [2.45, 2.75) is 27.7 Å². The van der Waals surface area contributed by atoms with Crippen molar-refractivity contribution in [2.75, 3.05) is 26.2 Å². The molecule has 0 fully saturated rings. The molecule has 0 aromatic carbocycles. The van der Waals surface area contributed by atoms with Crippen LogP contribution in [0.5, 0.6) is 0 Å². The van der Waals surface area contributed by atoms with Crippen molar-refractivity contribution in [1.29, 1.82) is 0 Å². The van der Waals surface area contributed by atoms with E-state index in [1.54, 1.807) is 6.08 Å². The van der Waals surface area contributed by atoms with Gasteiger partial charge in [-0.05, 0) is 25.0 Å². The van der Waals surface area contributed by atoms with E-state index in [9.17, 15) is 0 Å². The van der Waals surface area contributed by atoms with Crippen molar-refractivity contribution < 1.29 is 0 Å². The van der Waals surface area contributed by atoms with Crippen molar-refractivity contribution >= 4 is 0 Å². The van der Waals surface area contributed by atoms with Gasteiger partial charge < -0.3 is 10.6 Å². The molecule has 0 amide bonds. The zero-order valence-electron chi connectivity index (χ0n) is 13.7. The van der Waals surface area contributed by atoms with Crippen molar-refractivity contribution in [3.05, 3.63) is 60.8 Å². The number of hydrogen-bond donors (Lipinski definition) is 2. The maximum absolute atomic E-state index is 3.76. The maximum Gasteiger partial charge on any atom is 0.0205 e. The minimum atomic E-state index is 0.836. The van der Waals surface area contributed by atoms with Crippen LogP contribution in [0.1, 0.15) is 27.7 Å². The van der Waals surface area contributed by atoms with Gasteiger partial charge in [0.05, 0.1) is 0 Å². The molecule has 0 aliphatic carbocycles. The van der Waals surface area contributed by atoms with E-state index in [1.807, 2.05) is 32.9 Å². The van der Waals surface area contributed by atoms with E-state index in [4.69, 9.17) is 0 Å². The Kier molecular flexibility index (Phi) is 18.4. The molecule has 2 heteroatoms. The molecule has 0 rings (SSSR count). The summed E-state index contributed by atoms with van der Waals surface area (Å²) in [7, 11) is 0. The van der Waals surface area contributed by atoms with Crippen molar-refractivity contribution in [2.24, 2.45) is 0 Å². The first-order valence-electron chi connectivity index (χ1n) is 7.41. The largest absolute Gasteiger partial charge is 0.311 e. The first kappa shape index (κ1) is 20.9. The average molecular weight is 276 g/mol. The van der Waals surface area contributed by atoms with Gasteiger partial charge in [-0.2, -0.15) is 0 Å². The van der Waals surface area contributed by atoms with Gasteiger partial charge in [0.15, 0.2) is 0 Å². The monoisotopic (exact) mass is 276 g/mol. The van der Waals surface area contributed by atoms with Crippen molar-refractivity contribution in [3.63, 3.8) is 0 Å². The molecule has 2 N–H and O–H groups in total. The summed E-state index contributed by atoms with van der Waals surface area (Å²) in [5, 5.41) is 6.76. The normalized spacial score (nSPS) is 12.0. The summed E-state index contributed by atoms with van der Waals surface area (Å²) in [6, 6.07) is 0. The molecular formula is C18H32N2. The summed E-state index contributed by atoms with van der Waals surface area (Å²) in [6.07, 6.45) is 11.9. The van der Waals surface area contributed by atoms with Gasteiger partial charge in [-0.25, -0.2) is 0 Å². The first-order chi connectivity index (χ1) is 9.78. The van der Waals surface area contributed by atoms with Crippen LogP contribution >= 0.6 is 0 Å². The minimum Gasteiger partial charge on any atom is -0.311 e. The molecule has 0 aliphatic rings. The highest BCUT2D eigenvalue weighted by atomic mass is 14.9. The van der Waals surface area contributed by atoms with E-state index >= 15 is 0 Å². The third kappa shape index (κ3) is 13.1. The molecule has 20 heavy (non-hydrogen) atoms. The van der Waals surface area contributed by atoms with Crippen LogP contribution in [0.4, 0.5) is 0 Å². The van der Waals surface area contributed by atoms with Gasteiger partial charge in [-0.15, -0.1) is 0 Å². The van der Waals surface area contributed by atoms with Crippen LogP contribution in [0.25, 0.3) is 0 Å². The first-order valence-corrected chi connectivity index (χ1v) is 7.41. The van der Waals surface area contributed by atoms with Crippen LogP contribution in [0.3, 0.4) is 0 Å². The molecule has 0 radical (unpaired) electrons. The van der Waals surface area contributed by atoms with Gasteiger partial charge in [0.25, 0.3) is 0 Å². The van der Waals surface area contributed by atoms with Crippen molar-refractivity contribution in [3.8, 4) is 0 Å². The summed E-state index contributed by atoms with van der Waals surface area (Å²) >= 11 is 0. The summed E-state index contributed by atoms with van der Waals surface area (Å²) in [5.74, 6) is 0. The fourth-order valence-electron chi connectivity index (χ4n) is 1.46. The number of allylic oxidation sites excluding steroid dienone is 4. The molecule has 0 spiro atoms. The minimum absolute atomic E-state index is 0.836. The Morgan fingerprint density at radius 1 is 0.950 bits per heavy atom. The number of rotatable bonds is 10. The van der Waals surface area contributed by atoms with E-state index in [-0.39, 0.29) is 0 Å². The quantitative estimate of drug-likeness (QED) is 0.465. The lowest BCUT2D eigenvalue weighted by Gasteiger charge is -2.07. The Hall–Kier alpha value is -1.38. The predicted octanol–water partition coefficient (Wildman–Crippen LogP) is 4.01. The van der Waals surface area contributed by atoms with E-state index < -0.39 is 0 Å². The number of hydrogen-bond acceptors (Lipinski definition) is 2. The topological polar surface area (TPSA) is 24.1 Å². The average Bonchev–Trinajstić information content (AvgIpc) is 2.50. The number of nitrogens with one attached hydrogen (secondary N) is 2. The molecule has 114 valence electrons. The third-order valence-electron chi connectivity index (χ3n) is 2.48. The lowest BCUT2D eigenvalue weighted by molar-refractivity contribution is 0.658. The Morgan fingerprint density at radius 3 is 1.90 bits per heavy atom. The van der Waals surface area contributed by atoms with Crippen LogP contribution in [0, 0.1) is 0 Å². The van der Waals surface area contributed by atoms with Gasteiger partial charge in [0.1, 0.15) is 0 Å². The Balaban J connectivity index is 0. The lowest BCUT2D eigenvalue weighted by atomic mass is 10.2. The highest BCUT2D eigenvalue weighted by Crippen LogP contribution is 1.94. The molecule has 0 atom stereocenters. The molecule has 0 unspecified atom stereocenters. The SMILES string of the molecule is C=C/C=C(\C=C)CNCCNCC(/C=C\C)=C/C.CC. The molecule has 2 nitrogen and oxygen atoms in total. The van der Waals surface area contributed by atoms with Gasteiger partial charge in [-0.1, -0.05) is 63.5 Å². The molecule has 0 aliphatic heterocycles. The second kappa shape index (κ2) is 17.6.